The predicted octanol–water partition coefficient (Wildman–Crippen LogP) is 1.17. The molecule has 0 radical (unpaired) electrons. The van der Waals surface area contributed by atoms with Crippen molar-refractivity contribution in [3.8, 4) is 0 Å². The van der Waals surface area contributed by atoms with E-state index in [1.807, 2.05) is 12.1 Å². The molecule has 0 saturated carbocycles. The molecule has 1 N–H and O–H groups in total. The number of carbonyl (C=O) groups excluding carboxylic acids is 1. The number of likely N-dealkylation sites (N-methyl/N-ethyl adjacent to an activating group) is 1. The summed E-state index contributed by atoms with van der Waals surface area (Å²) in [7, 11) is 0. The number of likely N-dealkylation sites (tertiary alicyclic amines) is 1. The molecule has 3 rings (SSSR count). The van der Waals surface area contributed by atoms with Crippen LogP contribution in [0.25, 0.3) is 10.9 Å². The smallest absolute Gasteiger partial charge is 0.277 e. The number of hydrogen-bond donors (Lipinski definition) is 1. The molecule has 1 aliphatic heterocycles. The van der Waals surface area contributed by atoms with Crippen molar-refractivity contribution in [2.75, 3.05) is 19.6 Å². The molecule has 0 bridgehead atoms. The largest absolute Gasteiger partial charge is 0.355 e. The van der Waals surface area contributed by atoms with Gasteiger partial charge in [0.2, 0.25) is 5.91 Å². The zero-order chi connectivity index (χ0) is 17.6. The number of aryl methyl sites for hydroxylation is 1. The monoisotopic (exact) mass is 343 g/mol. The molecule has 1 amide bonds. The highest BCUT2D eigenvalue weighted by Gasteiger charge is 2.22. The Bertz CT molecular complexity index is 788. The summed E-state index contributed by atoms with van der Waals surface area (Å²) in [5.74, 6) is 0.0322. The number of hydrogen-bond acceptors (Lipinski definition) is 5. The summed E-state index contributed by atoms with van der Waals surface area (Å²) in [6, 6.07) is 7.62. The number of carbonyl (C=O) groups is 1. The minimum atomic E-state index is -0.157. The maximum absolute atomic E-state index is 12.3. The van der Waals surface area contributed by atoms with Crippen LogP contribution in [0.4, 0.5) is 0 Å². The van der Waals surface area contributed by atoms with Crippen LogP contribution in [0.15, 0.2) is 29.1 Å². The van der Waals surface area contributed by atoms with Gasteiger partial charge in [-0.25, -0.2) is 4.68 Å². The third kappa shape index (κ3) is 4.22. The highest BCUT2D eigenvalue weighted by molar-refractivity contribution is 5.76. The van der Waals surface area contributed by atoms with E-state index in [0.29, 0.717) is 42.9 Å². The van der Waals surface area contributed by atoms with E-state index in [-0.39, 0.29) is 11.5 Å². The van der Waals surface area contributed by atoms with Crippen molar-refractivity contribution >= 4 is 16.8 Å². The Morgan fingerprint density at radius 1 is 1.36 bits per heavy atom. The van der Waals surface area contributed by atoms with Crippen LogP contribution < -0.4 is 10.9 Å². The van der Waals surface area contributed by atoms with E-state index in [0.717, 1.165) is 19.5 Å². The Morgan fingerprint density at radius 3 is 3.04 bits per heavy atom. The highest BCUT2D eigenvalue weighted by atomic mass is 16.1. The Kier molecular flexibility index (Phi) is 5.75. The van der Waals surface area contributed by atoms with Gasteiger partial charge in [0.15, 0.2) is 0 Å². The van der Waals surface area contributed by atoms with Crippen molar-refractivity contribution in [1.29, 1.82) is 0 Å². The molecule has 2 aromatic rings. The van der Waals surface area contributed by atoms with Crippen molar-refractivity contribution in [1.82, 2.24) is 25.2 Å². The average Bonchev–Trinajstić information content (AvgIpc) is 3.10. The number of aromatic nitrogens is 3. The lowest BCUT2D eigenvalue weighted by molar-refractivity contribution is -0.121. The molecule has 1 saturated heterocycles. The van der Waals surface area contributed by atoms with Gasteiger partial charge in [0, 0.05) is 25.6 Å². The predicted molar refractivity (Wildman–Crippen MR) is 96.3 cm³/mol. The van der Waals surface area contributed by atoms with Crippen LogP contribution in [-0.4, -0.2) is 51.5 Å². The van der Waals surface area contributed by atoms with Gasteiger partial charge in [0.05, 0.1) is 5.39 Å². The standard InChI is InChI=1S/C18H25N5O2/c1-2-22-11-5-7-14(22)13-19-17(24)10-6-12-23-18(25)15-8-3-4-9-16(15)20-21-23/h3-4,8-9,14H,2,5-7,10-13H2,1H3,(H,19,24)/t14-/m1/s1. The van der Waals surface area contributed by atoms with E-state index in [1.165, 1.54) is 11.1 Å². The van der Waals surface area contributed by atoms with Crippen LogP contribution in [0, 0.1) is 0 Å². The zero-order valence-corrected chi connectivity index (χ0v) is 14.6. The van der Waals surface area contributed by atoms with Crippen molar-refractivity contribution in [2.45, 2.75) is 45.2 Å². The number of nitrogens with zero attached hydrogens (tertiary/aromatic N) is 4. The maximum Gasteiger partial charge on any atom is 0.277 e. The normalized spacial score (nSPS) is 17.9. The average molecular weight is 343 g/mol. The third-order valence-corrected chi connectivity index (χ3v) is 4.84. The minimum Gasteiger partial charge on any atom is -0.355 e. The fraction of sp³-hybridized carbons (Fsp3) is 0.556. The molecule has 0 aliphatic carbocycles. The SMILES string of the molecule is CCN1CCC[C@@H]1CNC(=O)CCCn1nnc2ccccc2c1=O. The molecule has 7 heteroatoms. The van der Waals surface area contributed by atoms with Gasteiger partial charge in [0.25, 0.3) is 5.56 Å². The molecular formula is C18H25N5O2. The van der Waals surface area contributed by atoms with Crippen LogP contribution in [0.1, 0.15) is 32.6 Å². The molecule has 134 valence electrons. The van der Waals surface area contributed by atoms with Crippen molar-refractivity contribution in [3.05, 3.63) is 34.6 Å². The first-order valence-electron chi connectivity index (χ1n) is 9.02. The molecular weight excluding hydrogens is 318 g/mol. The molecule has 0 spiro atoms. The Hall–Kier alpha value is -2.28. The van der Waals surface area contributed by atoms with Gasteiger partial charge < -0.3 is 5.32 Å². The lowest BCUT2D eigenvalue weighted by Gasteiger charge is -2.22. The lowest BCUT2D eigenvalue weighted by Crippen LogP contribution is -2.40. The fourth-order valence-electron chi connectivity index (χ4n) is 3.42. The van der Waals surface area contributed by atoms with Crippen molar-refractivity contribution in [3.63, 3.8) is 0 Å². The first kappa shape index (κ1) is 17.5. The Labute approximate surface area is 147 Å². The van der Waals surface area contributed by atoms with Crippen LogP contribution in [0.5, 0.6) is 0 Å². The van der Waals surface area contributed by atoms with Gasteiger partial charge >= 0.3 is 0 Å². The molecule has 1 aromatic carbocycles. The zero-order valence-electron chi connectivity index (χ0n) is 14.6. The summed E-state index contributed by atoms with van der Waals surface area (Å²) >= 11 is 0. The lowest BCUT2D eigenvalue weighted by atomic mass is 10.2. The summed E-state index contributed by atoms with van der Waals surface area (Å²) in [5, 5.41) is 11.6. The molecule has 1 aliphatic rings. The minimum absolute atomic E-state index is 0.0322. The number of fused-ring (bicyclic) bond motifs is 1. The Morgan fingerprint density at radius 2 is 2.20 bits per heavy atom. The molecule has 25 heavy (non-hydrogen) atoms. The van der Waals surface area contributed by atoms with E-state index < -0.39 is 0 Å². The van der Waals surface area contributed by atoms with Gasteiger partial charge in [-0.05, 0) is 44.5 Å². The highest BCUT2D eigenvalue weighted by Crippen LogP contribution is 2.15. The number of nitrogens with one attached hydrogen (secondary N) is 1. The second-order valence-electron chi connectivity index (χ2n) is 6.47. The van der Waals surface area contributed by atoms with Crippen LogP contribution in [0.2, 0.25) is 0 Å². The van der Waals surface area contributed by atoms with Gasteiger partial charge in [-0.15, -0.1) is 5.10 Å². The van der Waals surface area contributed by atoms with E-state index in [9.17, 15) is 9.59 Å². The summed E-state index contributed by atoms with van der Waals surface area (Å²) in [4.78, 5) is 26.8. The summed E-state index contributed by atoms with van der Waals surface area (Å²) in [6.07, 6.45) is 3.31. The number of amides is 1. The van der Waals surface area contributed by atoms with Crippen LogP contribution >= 0.6 is 0 Å². The molecule has 0 unspecified atom stereocenters. The second kappa shape index (κ2) is 8.20. The molecule has 1 fully saturated rings. The fourth-order valence-corrected chi connectivity index (χ4v) is 3.42. The van der Waals surface area contributed by atoms with E-state index >= 15 is 0 Å². The van der Waals surface area contributed by atoms with Crippen molar-refractivity contribution < 1.29 is 4.79 Å². The quantitative estimate of drug-likeness (QED) is 0.816. The topological polar surface area (TPSA) is 80.1 Å². The van der Waals surface area contributed by atoms with E-state index in [1.54, 1.807) is 12.1 Å². The summed E-state index contributed by atoms with van der Waals surface area (Å²) in [5.41, 5.74) is 0.439. The van der Waals surface area contributed by atoms with Gasteiger partial charge in [-0.3, -0.25) is 14.5 Å². The van der Waals surface area contributed by atoms with E-state index in [4.69, 9.17) is 0 Å². The van der Waals surface area contributed by atoms with Gasteiger partial charge in [0.1, 0.15) is 5.52 Å². The maximum atomic E-state index is 12.3. The summed E-state index contributed by atoms with van der Waals surface area (Å²) in [6.45, 7) is 5.42. The van der Waals surface area contributed by atoms with Crippen LogP contribution in [0.3, 0.4) is 0 Å². The summed E-state index contributed by atoms with van der Waals surface area (Å²) < 4.78 is 1.34. The second-order valence-corrected chi connectivity index (χ2v) is 6.47. The number of benzene rings is 1. The third-order valence-electron chi connectivity index (χ3n) is 4.84. The Balaban J connectivity index is 1.47. The molecule has 1 atom stereocenters. The first-order chi connectivity index (χ1) is 12.2. The molecule has 7 nitrogen and oxygen atoms in total. The molecule has 1 aromatic heterocycles. The molecule has 2 heterocycles. The van der Waals surface area contributed by atoms with E-state index in [2.05, 4.69) is 27.5 Å². The van der Waals surface area contributed by atoms with Crippen LogP contribution in [-0.2, 0) is 11.3 Å². The number of rotatable bonds is 7. The van der Waals surface area contributed by atoms with Gasteiger partial charge in [-0.2, -0.15) is 0 Å². The van der Waals surface area contributed by atoms with Gasteiger partial charge in [-0.1, -0.05) is 24.3 Å². The van der Waals surface area contributed by atoms with Crippen molar-refractivity contribution in [2.24, 2.45) is 0 Å². The first-order valence-corrected chi connectivity index (χ1v) is 9.02.